The number of hydrogen-bond donors (Lipinski definition) is 2. The number of hydrogen-bond acceptors (Lipinski definition) is 4. The molecule has 2 rings (SSSR count). The highest BCUT2D eigenvalue weighted by Gasteiger charge is 2.12. The molecule has 0 spiro atoms. The van der Waals surface area contributed by atoms with Crippen LogP contribution in [0.15, 0.2) is 30.3 Å². The maximum atomic E-state index is 13.8. The molecule has 0 amide bonds. The average Bonchev–Trinajstić information content (AvgIpc) is 2.44. The smallest absolute Gasteiger partial charge is 0.162 e. The molecule has 3 N–H and O–H groups in total. The second kappa shape index (κ2) is 5.69. The molecule has 5 heteroatoms. The van der Waals surface area contributed by atoms with Crippen LogP contribution in [0.4, 0.5) is 21.5 Å². The molecular formula is C15H17FN2O2. The molecule has 2 aromatic rings. The van der Waals surface area contributed by atoms with Gasteiger partial charge in [0.05, 0.1) is 31.3 Å². The minimum Gasteiger partial charge on any atom is -0.493 e. The number of halogens is 1. The number of nitrogen functional groups attached to an aromatic ring is 1. The number of para-hydroxylation sites is 1. The molecule has 0 radical (unpaired) electrons. The van der Waals surface area contributed by atoms with E-state index >= 15 is 0 Å². The van der Waals surface area contributed by atoms with E-state index in [1.165, 1.54) is 20.3 Å². The van der Waals surface area contributed by atoms with Gasteiger partial charge in [-0.25, -0.2) is 4.39 Å². The van der Waals surface area contributed by atoms with Gasteiger partial charge in [0.2, 0.25) is 0 Å². The van der Waals surface area contributed by atoms with Crippen molar-refractivity contribution in [1.82, 2.24) is 0 Å². The molecule has 0 atom stereocenters. The monoisotopic (exact) mass is 276 g/mol. The van der Waals surface area contributed by atoms with E-state index in [2.05, 4.69) is 5.32 Å². The molecule has 0 heterocycles. The first-order valence-corrected chi connectivity index (χ1v) is 6.10. The van der Waals surface area contributed by atoms with E-state index in [1.807, 2.05) is 13.0 Å². The van der Waals surface area contributed by atoms with Gasteiger partial charge in [0, 0.05) is 12.1 Å². The summed E-state index contributed by atoms with van der Waals surface area (Å²) in [5.41, 5.74) is 8.15. The SMILES string of the molecule is COc1cc(N)c(Nc2c(C)cccc2F)cc1OC. The van der Waals surface area contributed by atoms with Crippen LogP contribution in [0.1, 0.15) is 5.56 Å². The molecule has 0 fully saturated rings. The summed E-state index contributed by atoms with van der Waals surface area (Å²) in [5, 5.41) is 3.00. The molecule has 0 saturated heterocycles. The van der Waals surface area contributed by atoms with Crippen molar-refractivity contribution in [2.24, 2.45) is 0 Å². The zero-order valence-electron chi connectivity index (χ0n) is 11.7. The normalized spacial score (nSPS) is 10.2. The van der Waals surface area contributed by atoms with Crippen LogP contribution in [-0.2, 0) is 0 Å². The van der Waals surface area contributed by atoms with Crippen molar-refractivity contribution < 1.29 is 13.9 Å². The van der Waals surface area contributed by atoms with Crippen molar-refractivity contribution in [1.29, 1.82) is 0 Å². The van der Waals surface area contributed by atoms with Gasteiger partial charge in [-0.2, -0.15) is 0 Å². The van der Waals surface area contributed by atoms with Gasteiger partial charge in [0.15, 0.2) is 11.5 Å². The van der Waals surface area contributed by atoms with Gasteiger partial charge in [-0.05, 0) is 18.6 Å². The first-order valence-electron chi connectivity index (χ1n) is 6.10. The number of benzene rings is 2. The molecule has 0 aliphatic heterocycles. The lowest BCUT2D eigenvalue weighted by Gasteiger charge is -2.15. The lowest BCUT2D eigenvalue weighted by atomic mass is 10.1. The van der Waals surface area contributed by atoms with Gasteiger partial charge in [0.25, 0.3) is 0 Å². The van der Waals surface area contributed by atoms with Gasteiger partial charge in [-0.3, -0.25) is 0 Å². The first-order chi connectivity index (χ1) is 9.56. The highest BCUT2D eigenvalue weighted by molar-refractivity contribution is 5.77. The van der Waals surface area contributed by atoms with Crippen LogP contribution in [0, 0.1) is 12.7 Å². The predicted octanol–water partition coefficient (Wildman–Crippen LogP) is 3.48. The Morgan fingerprint density at radius 2 is 1.75 bits per heavy atom. The Kier molecular flexibility index (Phi) is 3.98. The first kappa shape index (κ1) is 14.0. The maximum absolute atomic E-state index is 13.8. The Balaban J connectivity index is 2.44. The fourth-order valence-electron chi connectivity index (χ4n) is 1.93. The fraction of sp³-hybridized carbons (Fsp3) is 0.200. The van der Waals surface area contributed by atoms with Crippen molar-refractivity contribution in [2.45, 2.75) is 6.92 Å². The third-order valence-corrected chi connectivity index (χ3v) is 3.04. The molecule has 0 unspecified atom stereocenters. The largest absolute Gasteiger partial charge is 0.493 e. The molecule has 0 bridgehead atoms. The maximum Gasteiger partial charge on any atom is 0.162 e. The fourth-order valence-corrected chi connectivity index (χ4v) is 1.93. The molecule has 0 saturated carbocycles. The van der Waals surface area contributed by atoms with Crippen LogP contribution in [0.3, 0.4) is 0 Å². The third-order valence-electron chi connectivity index (χ3n) is 3.04. The summed E-state index contributed by atoms with van der Waals surface area (Å²) >= 11 is 0. The number of ether oxygens (including phenoxy) is 2. The minimum absolute atomic E-state index is 0.334. The molecular weight excluding hydrogens is 259 g/mol. The molecule has 2 aromatic carbocycles. The number of nitrogens with one attached hydrogen (secondary N) is 1. The van der Waals surface area contributed by atoms with Crippen LogP contribution in [-0.4, -0.2) is 14.2 Å². The van der Waals surface area contributed by atoms with Crippen molar-refractivity contribution in [3.63, 3.8) is 0 Å². The Morgan fingerprint density at radius 3 is 2.35 bits per heavy atom. The van der Waals surface area contributed by atoms with E-state index in [9.17, 15) is 4.39 Å². The highest BCUT2D eigenvalue weighted by atomic mass is 19.1. The average molecular weight is 276 g/mol. The lowest BCUT2D eigenvalue weighted by molar-refractivity contribution is 0.355. The second-order valence-corrected chi connectivity index (χ2v) is 4.35. The molecule has 0 aliphatic rings. The number of nitrogens with two attached hydrogens (primary N) is 1. The van der Waals surface area contributed by atoms with E-state index in [0.717, 1.165) is 5.56 Å². The quantitative estimate of drug-likeness (QED) is 0.839. The third kappa shape index (κ3) is 2.61. The number of aryl methyl sites for hydroxylation is 1. The second-order valence-electron chi connectivity index (χ2n) is 4.35. The van der Waals surface area contributed by atoms with Gasteiger partial charge < -0.3 is 20.5 Å². The van der Waals surface area contributed by atoms with Crippen molar-refractivity contribution in [2.75, 3.05) is 25.3 Å². The summed E-state index contributed by atoms with van der Waals surface area (Å²) in [6, 6.07) is 8.19. The van der Waals surface area contributed by atoms with E-state index in [0.29, 0.717) is 28.6 Å². The topological polar surface area (TPSA) is 56.5 Å². The zero-order chi connectivity index (χ0) is 14.7. The highest BCUT2D eigenvalue weighted by Crippen LogP contribution is 2.37. The minimum atomic E-state index is -0.334. The lowest BCUT2D eigenvalue weighted by Crippen LogP contribution is -2.02. The molecule has 0 aromatic heterocycles. The Morgan fingerprint density at radius 1 is 1.10 bits per heavy atom. The Bertz CT molecular complexity index is 609. The van der Waals surface area contributed by atoms with E-state index < -0.39 is 0 Å². The number of rotatable bonds is 4. The zero-order valence-corrected chi connectivity index (χ0v) is 11.7. The molecule has 106 valence electrons. The standard InChI is InChI=1S/C15H17FN2O2/c1-9-5-4-6-10(16)15(9)18-12-8-14(20-3)13(19-2)7-11(12)17/h4-8,18H,17H2,1-3H3. The Labute approximate surface area is 117 Å². The summed E-state index contributed by atoms with van der Waals surface area (Å²) < 4.78 is 24.2. The van der Waals surface area contributed by atoms with Crippen LogP contribution < -0.4 is 20.5 Å². The molecule has 20 heavy (non-hydrogen) atoms. The van der Waals surface area contributed by atoms with Crippen molar-refractivity contribution in [3.05, 3.63) is 41.7 Å². The van der Waals surface area contributed by atoms with Gasteiger partial charge >= 0.3 is 0 Å². The number of methoxy groups -OCH3 is 2. The summed E-state index contributed by atoms with van der Waals surface area (Å²) in [4.78, 5) is 0. The predicted molar refractivity (Wildman–Crippen MR) is 78.4 cm³/mol. The van der Waals surface area contributed by atoms with Gasteiger partial charge in [0.1, 0.15) is 5.82 Å². The molecule has 4 nitrogen and oxygen atoms in total. The van der Waals surface area contributed by atoms with Crippen molar-refractivity contribution in [3.8, 4) is 11.5 Å². The van der Waals surface area contributed by atoms with E-state index in [4.69, 9.17) is 15.2 Å². The summed E-state index contributed by atoms with van der Waals surface area (Å²) in [7, 11) is 3.07. The number of anilines is 3. The van der Waals surface area contributed by atoms with E-state index in [-0.39, 0.29) is 5.82 Å². The van der Waals surface area contributed by atoms with Crippen LogP contribution in [0.5, 0.6) is 11.5 Å². The van der Waals surface area contributed by atoms with Crippen LogP contribution in [0.2, 0.25) is 0 Å². The summed E-state index contributed by atoms with van der Waals surface area (Å²) in [6.07, 6.45) is 0. The summed E-state index contributed by atoms with van der Waals surface area (Å²) in [5.74, 6) is 0.721. The van der Waals surface area contributed by atoms with Gasteiger partial charge in [-0.1, -0.05) is 12.1 Å². The van der Waals surface area contributed by atoms with Gasteiger partial charge in [-0.15, -0.1) is 0 Å². The molecule has 0 aliphatic carbocycles. The Hall–Kier alpha value is -2.43. The van der Waals surface area contributed by atoms with Crippen molar-refractivity contribution >= 4 is 17.1 Å². The van der Waals surface area contributed by atoms with E-state index in [1.54, 1.807) is 18.2 Å². The summed E-state index contributed by atoms with van der Waals surface area (Å²) in [6.45, 7) is 1.82. The van der Waals surface area contributed by atoms with Crippen LogP contribution in [0.25, 0.3) is 0 Å². The van der Waals surface area contributed by atoms with Crippen LogP contribution >= 0.6 is 0 Å².